The quantitative estimate of drug-likeness (QED) is 0.358. The molecule has 0 atom stereocenters. The Morgan fingerprint density at radius 1 is 1.32 bits per heavy atom. The normalized spacial score (nSPS) is 18.5. The van der Waals surface area contributed by atoms with E-state index in [2.05, 4.69) is 47.6 Å². The van der Waals surface area contributed by atoms with Crippen molar-refractivity contribution >= 4 is 17.7 Å². The molecule has 0 aromatic rings. The van der Waals surface area contributed by atoms with Crippen molar-refractivity contribution in [3.8, 4) is 0 Å². The lowest BCUT2D eigenvalue weighted by molar-refractivity contribution is 0.0823. The van der Waals surface area contributed by atoms with Crippen LogP contribution in [-0.2, 0) is 0 Å². The Balaban J connectivity index is 2.24. The van der Waals surface area contributed by atoms with E-state index in [9.17, 15) is 5.11 Å². The molecule has 0 aromatic heterocycles. The lowest BCUT2D eigenvalue weighted by atomic mass is 10.1. The van der Waals surface area contributed by atoms with Crippen LogP contribution in [0.5, 0.6) is 0 Å². The van der Waals surface area contributed by atoms with Gasteiger partial charge in [-0.05, 0) is 52.8 Å². The molecule has 0 spiro atoms. The minimum Gasteiger partial charge on any atom is -0.393 e. The Morgan fingerprint density at radius 3 is 2.59 bits per heavy atom. The maximum absolute atomic E-state index is 9.51. The molecule has 0 bridgehead atoms. The zero-order chi connectivity index (χ0) is 16.4. The maximum Gasteiger partial charge on any atom is 0.191 e. The Kier molecular flexibility index (Phi) is 9.21. The van der Waals surface area contributed by atoms with Crippen molar-refractivity contribution in [2.75, 3.05) is 45.5 Å². The second kappa shape index (κ2) is 10.3. The summed E-state index contributed by atoms with van der Waals surface area (Å²) >= 11 is 1.84. The van der Waals surface area contributed by atoms with Gasteiger partial charge in [0.2, 0.25) is 0 Å². The maximum atomic E-state index is 9.51. The number of hydrogen-bond acceptors (Lipinski definition) is 4. The molecule has 1 rings (SSSR count). The van der Waals surface area contributed by atoms with E-state index in [1.165, 1.54) is 0 Å². The summed E-state index contributed by atoms with van der Waals surface area (Å²) in [6.07, 6.45) is 4.99. The summed E-state index contributed by atoms with van der Waals surface area (Å²) in [4.78, 5) is 7.12. The molecule has 3 N–H and O–H groups in total. The molecule has 5 nitrogen and oxygen atoms in total. The second-order valence-corrected chi connectivity index (χ2v) is 8.03. The van der Waals surface area contributed by atoms with E-state index in [0.717, 1.165) is 64.5 Å². The van der Waals surface area contributed by atoms with Crippen LogP contribution in [0.1, 0.15) is 40.0 Å². The fraction of sp³-hybridized carbons (Fsp3) is 0.938. The molecule has 0 aliphatic carbocycles. The number of likely N-dealkylation sites (tertiary alicyclic amines) is 1. The number of guanidine groups is 1. The summed E-state index contributed by atoms with van der Waals surface area (Å²) in [6, 6.07) is 0. The number of thioether (sulfide) groups is 1. The monoisotopic (exact) mass is 330 g/mol. The molecule has 0 unspecified atom stereocenters. The lowest BCUT2D eigenvalue weighted by Gasteiger charge is -2.29. The smallest absolute Gasteiger partial charge is 0.191 e. The Hall–Kier alpha value is -0.460. The summed E-state index contributed by atoms with van der Waals surface area (Å²) in [5, 5.41) is 16.2. The van der Waals surface area contributed by atoms with Gasteiger partial charge < -0.3 is 20.6 Å². The SMILES string of the molecule is CCNC(=NCC(C)(C)SC)NCCCN1CCC(O)CC1. The van der Waals surface area contributed by atoms with Crippen molar-refractivity contribution in [1.82, 2.24) is 15.5 Å². The van der Waals surface area contributed by atoms with Gasteiger partial charge in [-0.1, -0.05) is 0 Å². The van der Waals surface area contributed by atoms with Crippen LogP contribution in [0, 0.1) is 0 Å². The molecule has 0 saturated carbocycles. The number of aliphatic imine (C=N–C) groups is 1. The standard InChI is InChI=1S/C16H34N4OS/c1-5-17-15(19-13-16(2,3)22-4)18-9-6-10-20-11-7-14(21)8-12-20/h14,21H,5-13H2,1-4H3,(H2,17,18,19). The third-order valence-electron chi connectivity index (χ3n) is 4.02. The average molecular weight is 331 g/mol. The molecular weight excluding hydrogens is 296 g/mol. The Bertz CT molecular complexity index is 328. The third kappa shape index (κ3) is 8.25. The van der Waals surface area contributed by atoms with Gasteiger partial charge in [0.05, 0.1) is 12.6 Å². The number of piperidine rings is 1. The molecule has 0 radical (unpaired) electrons. The highest BCUT2D eigenvalue weighted by Gasteiger charge is 2.17. The topological polar surface area (TPSA) is 59.9 Å². The van der Waals surface area contributed by atoms with Crippen molar-refractivity contribution in [2.45, 2.75) is 50.9 Å². The third-order valence-corrected chi connectivity index (χ3v) is 5.25. The molecule has 130 valence electrons. The fourth-order valence-corrected chi connectivity index (χ4v) is 2.52. The summed E-state index contributed by atoms with van der Waals surface area (Å²) in [6.45, 7) is 12.3. The average Bonchev–Trinajstić information content (AvgIpc) is 2.51. The summed E-state index contributed by atoms with van der Waals surface area (Å²) in [5.74, 6) is 0.915. The summed E-state index contributed by atoms with van der Waals surface area (Å²) < 4.78 is 0.178. The van der Waals surface area contributed by atoms with Crippen LogP contribution in [0.25, 0.3) is 0 Å². The summed E-state index contributed by atoms with van der Waals surface area (Å²) in [5.41, 5.74) is 0. The van der Waals surface area contributed by atoms with Crippen LogP contribution in [0.2, 0.25) is 0 Å². The Morgan fingerprint density at radius 2 is 2.00 bits per heavy atom. The molecule has 1 aliphatic rings. The number of aliphatic hydroxyl groups is 1. The van der Waals surface area contributed by atoms with Crippen LogP contribution in [0.15, 0.2) is 4.99 Å². The molecule has 22 heavy (non-hydrogen) atoms. The summed E-state index contributed by atoms with van der Waals surface area (Å²) in [7, 11) is 0. The van der Waals surface area contributed by atoms with Crippen molar-refractivity contribution in [1.29, 1.82) is 0 Å². The molecule has 0 aromatic carbocycles. The van der Waals surface area contributed by atoms with E-state index in [1.54, 1.807) is 0 Å². The predicted octanol–water partition coefficient (Wildman–Crippen LogP) is 1.53. The molecule has 1 saturated heterocycles. The van der Waals surface area contributed by atoms with Gasteiger partial charge in [-0.25, -0.2) is 0 Å². The number of nitrogens with one attached hydrogen (secondary N) is 2. The van der Waals surface area contributed by atoms with Gasteiger partial charge in [-0.3, -0.25) is 4.99 Å². The number of nitrogens with zero attached hydrogens (tertiary/aromatic N) is 2. The zero-order valence-electron chi connectivity index (χ0n) is 14.7. The van der Waals surface area contributed by atoms with Crippen LogP contribution in [-0.4, -0.2) is 72.3 Å². The zero-order valence-corrected chi connectivity index (χ0v) is 15.5. The minimum atomic E-state index is -0.0818. The first-order chi connectivity index (χ1) is 10.5. The molecular formula is C16H34N4OS. The van der Waals surface area contributed by atoms with E-state index < -0.39 is 0 Å². The molecule has 1 heterocycles. The van der Waals surface area contributed by atoms with Crippen LogP contribution >= 0.6 is 11.8 Å². The first kappa shape index (κ1) is 19.6. The largest absolute Gasteiger partial charge is 0.393 e. The highest BCUT2D eigenvalue weighted by molar-refractivity contribution is 7.99. The van der Waals surface area contributed by atoms with Crippen LogP contribution < -0.4 is 10.6 Å². The first-order valence-electron chi connectivity index (χ1n) is 8.44. The van der Waals surface area contributed by atoms with Gasteiger partial charge in [0.1, 0.15) is 0 Å². The van der Waals surface area contributed by atoms with Gasteiger partial charge in [-0.2, -0.15) is 11.8 Å². The molecule has 1 fully saturated rings. The van der Waals surface area contributed by atoms with Gasteiger partial charge >= 0.3 is 0 Å². The van der Waals surface area contributed by atoms with Gasteiger partial charge in [0.25, 0.3) is 0 Å². The van der Waals surface area contributed by atoms with Crippen LogP contribution in [0.4, 0.5) is 0 Å². The van der Waals surface area contributed by atoms with Crippen molar-refractivity contribution < 1.29 is 5.11 Å². The van der Waals surface area contributed by atoms with Crippen molar-refractivity contribution in [3.05, 3.63) is 0 Å². The molecule has 0 amide bonds. The highest BCUT2D eigenvalue weighted by Crippen LogP contribution is 2.20. The van der Waals surface area contributed by atoms with Gasteiger partial charge in [0.15, 0.2) is 5.96 Å². The molecule has 6 heteroatoms. The van der Waals surface area contributed by atoms with E-state index in [-0.39, 0.29) is 10.9 Å². The van der Waals surface area contributed by atoms with E-state index >= 15 is 0 Å². The van der Waals surface area contributed by atoms with Crippen molar-refractivity contribution in [2.24, 2.45) is 4.99 Å². The fourth-order valence-electron chi connectivity index (χ4n) is 2.33. The van der Waals surface area contributed by atoms with Crippen LogP contribution in [0.3, 0.4) is 0 Å². The van der Waals surface area contributed by atoms with E-state index in [4.69, 9.17) is 0 Å². The first-order valence-corrected chi connectivity index (χ1v) is 9.67. The minimum absolute atomic E-state index is 0.0818. The van der Waals surface area contributed by atoms with E-state index in [1.807, 2.05) is 11.8 Å². The van der Waals surface area contributed by atoms with E-state index in [0.29, 0.717) is 0 Å². The second-order valence-electron chi connectivity index (χ2n) is 6.51. The van der Waals surface area contributed by atoms with Gasteiger partial charge in [-0.15, -0.1) is 0 Å². The predicted molar refractivity (Wildman–Crippen MR) is 97.9 cm³/mol. The number of aliphatic hydroxyl groups excluding tert-OH is 1. The molecule has 1 aliphatic heterocycles. The lowest BCUT2D eigenvalue weighted by Crippen LogP contribution is -2.41. The number of rotatable bonds is 8. The van der Waals surface area contributed by atoms with Gasteiger partial charge in [0, 0.05) is 30.9 Å². The highest BCUT2D eigenvalue weighted by atomic mass is 32.2. The Labute approximate surface area is 140 Å². The number of hydrogen-bond donors (Lipinski definition) is 3. The van der Waals surface area contributed by atoms with Crippen molar-refractivity contribution in [3.63, 3.8) is 0 Å².